The topological polar surface area (TPSA) is 42.7 Å². The summed E-state index contributed by atoms with van der Waals surface area (Å²) in [4.78, 5) is 6.79. The van der Waals surface area contributed by atoms with Crippen molar-refractivity contribution in [1.82, 2.24) is 14.6 Å². The van der Waals surface area contributed by atoms with Gasteiger partial charge in [-0.2, -0.15) is 5.10 Å². The fraction of sp³-hybridized carbons (Fsp3) is 0.333. The summed E-state index contributed by atoms with van der Waals surface area (Å²) < 4.78 is 21.1. The van der Waals surface area contributed by atoms with Gasteiger partial charge in [0.05, 0.1) is 11.8 Å². The van der Waals surface area contributed by atoms with E-state index in [-0.39, 0.29) is 18.0 Å². The summed E-state index contributed by atoms with van der Waals surface area (Å²) in [5.74, 6) is 0.668. The quantitative estimate of drug-likeness (QED) is 0.725. The van der Waals surface area contributed by atoms with Gasteiger partial charge in [0.25, 0.3) is 0 Å². The van der Waals surface area contributed by atoms with Gasteiger partial charge < -0.3 is 9.64 Å². The van der Waals surface area contributed by atoms with Crippen LogP contribution in [0.15, 0.2) is 42.7 Å². The number of hydrogen-bond donors (Lipinski definition) is 0. The fourth-order valence-corrected chi connectivity index (χ4v) is 3.26. The zero-order chi connectivity index (χ0) is 16.7. The number of benzene rings is 1. The highest BCUT2D eigenvalue weighted by Crippen LogP contribution is 2.30. The van der Waals surface area contributed by atoms with Gasteiger partial charge in [-0.1, -0.05) is 12.1 Å². The largest absolute Gasteiger partial charge is 0.367 e. The Kier molecular flexibility index (Phi) is 3.69. The Labute approximate surface area is 139 Å². The number of aryl methyl sites for hydroxylation is 1. The first-order valence-electron chi connectivity index (χ1n) is 8.07. The summed E-state index contributed by atoms with van der Waals surface area (Å²) in [7, 11) is 0. The zero-order valence-corrected chi connectivity index (χ0v) is 13.7. The maximum atomic E-state index is 13.2. The second kappa shape index (κ2) is 5.87. The smallest absolute Gasteiger partial charge is 0.154 e. The average molecular weight is 326 g/mol. The lowest BCUT2D eigenvalue weighted by atomic mass is 10.1. The molecule has 0 amide bonds. The lowest BCUT2D eigenvalue weighted by Crippen LogP contribution is -2.43. The molecule has 2 atom stereocenters. The number of hydrogen-bond acceptors (Lipinski definition) is 4. The molecule has 4 rings (SSSR count). The number of anilines is 1. The summed E-state index contributed by atoms with van der Waals surface area (Å²) in [5.41, 5.74) is 2.92. The van der Waals surface area contributed by atoms with Crippen molar-refractivity contribution in [3.63, 3.8) is 0 Å². The van der Waals surface area contributed by atoms with Gasteiger partial charge in [-0.05, 0) is 37.6 Å². The van der Waals surface area contributed by atoms with Crippen molar-refractivity contribution in [2.24, 2.45) is 0 Å². The highest BCUT2D eigenvalue weighted by molar-refractivity contribution is 5.69. The van der Waals surface area contributed by atoms with Crippen molar-refractivity contribution in [2.45, 2.75) is 26.1 Å². The molecular weight excluding hydrogens is 307 g/mol. The molecule has 1 aliphatic rings. The molecule has 0 spiro atoms. The van der Waals surface area contributed by atoms with E-state index >= 15 is 0 Å². The number of fused-ring (bicyclic) bond motifs is 1. The molecule has 5 nitrogen and oxygen atoms in total. The van der Waals surface area contributed by atoms with Crippen LogP contribution in [0.2, 0.25) is 0 Å². The third-order valence-corrected chi connectivity index (χ3v) is 4.29. The van der Waals surface area contributed by atoms with Gasteiger partial charge in [0.15, 0.2) is 5.82 Å². The van der Waals surface area contributed by atoms with E-state index in [2.05, 4.69) is 15.0 Å². The molecule has 0 bridgehead atoms. The summed E-state index contributed by atoms with van der Waals surface area (Å²) in [6, 6.07) is 8.55. The Balaban J connectivity index is 1.68. The van der Waals surface area contributed by atoms with E-state index < -0.39 is 0 Å². The van der Waals surface area contributed by atoms with Crippen molar-refractivity contribution in [1.29, 1.82) is 0 Å². The van der Waals surface area contributed by atoms with Gasteiger partial charge in [-0.15, -0.1) is 0 Å². The van der Waals surface area contributed by atoms with Gasteiger partial charge in [-0.25, -0.2) is 13.9 Å². The van der Waals surface area contributed by atoms with Gasteiger partial charge in [-0.3, -0.25) is 0 Å². The molecule has 0 N–H and O–H groups in total. The lowest BCUT2D eigenvalue weighted by Gasteiger charge is -2.37. The van der Waals surface area contributed by atoms with Crippen LogP contribution in [0.1, 0.15) is 24.3 Å². The van der Waals surface area contributed by atoms with Crippen LogP contribution >= 0.6 is 0 Å². The number of ether oxygens (including phenoxy) is 1. The molecule has 1 aromatic carbocycles. The van der Waals surface area contributed by atoms with Crippen LogP contribution in [0.3, 0.4) is 0 Å². The summed E-state index contributed by atoms with van der Waals surface area (Å²) >= 11 is 0. The van der Waals surface area contributed by atoms with Crippen molar-refractivity contribution >= 4 is 11.3 Å². The number of aromatic nitrogens is 3. The van der Waals surface area contributed by atoms with E-state index in [1.165, 1.54) is 12.1 Å². The van der Waals surface area contributed by atoms with Gasteiger partial charge >= 0.3 is 0 Å². The first kappa shape index (κ1) is 15.1. The Hall–Kier alpha value is -2.47. The maximum absolute atomic E-state index is 13.2. The Bertz CT molecular complexity index is 861. The van der Waals surface area contributed by atoms with E-state index in [0.29, 0.717) is 6.54 Å². The molecule has 124 valence electrons. The number of nitrogens with zero attached hydrogens (tertiary/aromatic N) is 4. The minimum atomic E-state index is -0.236. The maximum Gasteiger partial charge on any atom is 0.154 e. The second-order valence-electron chi connectivity index (χ2n) is 6.26. The minimum Gasteiger partial charge on any atom is -0.367 e. The average Bonchev–Trinajstić information content (AvgIpc) is 2.95. The molecule has 0 saturated carbocycles. The predicted octanol–water partition coefficient (Wildman–Crippen LogP) is 3.14. The molecule has 2 unspecified atom stereocenters. The van der Waals surface area contributed by atoms with E-state index in [4.69, 9.17) is 4.74 Å². The van der Waals surface area contributed by atoms with Crippen molar-refractivity contribution in [2.75, 3.05) is 18.0 Å². The lowest BCUT2D eigenvalue weighted by molar-refractivity contribution is -0.0175. The zero-order valence-electron chi connectivity index (χ0n) is 13.7. The van der Waals surface area contributed by atoms with Crippen LogP contribution in [0, 0.1) is 12.7 Å². The van der Waals surface area contributed by atoms with Crippen LogP contribution in [-0.2, 0) is 4.74 Å². The van der Waals surface area contributed by atoms with Gasteiger partial charge in [0, 0.05) is 25.5 Å². The normalized spacial score (nSPS) is 21.4. The molecule has 3 heterocycles. The molecule has 6 heteroatoms. The number of morpholine rings is 1. The first-order valence-corrected chi connectivity index (χ1v) is 8.07. The van der Waals surface area contributed by atoms with Crippen molar-refractivity contribution in [3.8, 4) is 0 Å². The van der Waals surface area contributed by atoms with Crippen LogP contribution in [-0.4, -0.2) is 33.8 Å². The van der Waals surface area contributed by atoms with Crippen molar-refractivity contribution < 1.29 is 9.13 Å². The van der Waals surface area contributed by atoms with Crippen LogP contribution in [0.4, 0.5) is 10.2 Å². The molecule has 3 aromatic rings. The van der Waals surface area contributed by atoms with Crippen LogP contribution < -0.4 is 4.90 Å². The molecule has 0 aliphatic carbocycles. The highest BCUT2D eigenvalue weighted by Gasteiger charge is 2.28. The Morgan fingerprint density at radius 1 is 1.21 bits per heavy atom. The SMILES string of the molecule is Cc1cc2c(N3CC(C)OC(c4ccc(F)cc4)C3)nccn2n1. The summed E-state index contributed by atoms with van der Waals surface area (Å²) in [6.45, 7) is 5.45. The van der Waals surface area contributed by atoms with Crippen LogP contribution in [0.5, 0.6) is 0 Å². The number of halogens is 1. The second-order valence-corrected chi connectivity index (χ2v) is 6.26. The third kappa shape index (κ3) is 2.73. The Morgan fingerprint density at radius 3 is 2.79 bits per heavy atom. The third-order valence-electron chi connectivity index (χ3n) is 4.29. The minimum absolute atomic E-state index is 0.0554. The molecule has 24 heavy (non-hydrogen) atoms. The summed E-state index contributed by atoms with van der Waals surface area (Å²) in [5, 5.41) is 4.45. The van der Waals surface area contributed by atoms with Crippen molar-refractivity contribution in [3.05, 3.63) is 59.8 Å². The first-order chi connectivity index (χ1) is 11.6. The molecular formula is C18H19FN4O. The molecule has 1 fully saturated rings. The highest BCUT2D eigenvalue weighted by atomic mass is 19.1. The molecule has 0 radical (unpaired) electrons. The standard InChI is InChI=1S/C18H19FN4O/c1-12-9-16-18(20-7-8-23(16)21-12)22-10-13(2)24-17(11-22)14-3-5-15(19)6-4-14/h3-9,13,17H,10-11H2,1-2H3. The molecule has 1 aliphatic heterocycles. The number of rotatable bonds is 2. The van der Waals surface area contributed by atoms with Gasteiger partial charge in [0.2, 0.25) is 0 Å². The molecule has 2 aromatic heterocycles. The monoisotopic (exact) mass is 326 g/mol. The van der Waals surface area contributed by atoms with E-state index in [1.54, 1.807) is 18.3 Å². The van der Waals surface area contributed by atoms with E-state index in [9.17, 15) is 4.39 Å². The van der Waals surface area contributed by atoms with E-state index in [1.807, 2.05) is 30.6 Å². The molecule has 1 saturated heterocycles. The Morgan fingerprint density at radius 2 is 2.00 bits per heavy atom. The fourth-order valence-electron chi connectivity index (χ4n) is 3.26. The summed E-state index contributed by atoms with van der Waals surface area (Å²) in [6.07, 6.45) is 3.56. The van der Waals surface area contributed by atoms with E-state index in [0.717, 1.165) is 29.1 Å². The predicted molar refractivity (Wildman–Crippen MR) is 89.6 cm³/mol. The van der Waals surface area contributed by atoms with Gasteiger partial charge in [0.1, 0.15) is 17.4 Å². The van der Waals surface area contributed by atoms with Crippen LogP contribution in [0.25, 0.3) is 5.52 Å².